The first-order valence-electron chi connectivity index (χ1n) is 7.50. The summed E-state index contributed by atoms with van der Waals surface area (Å²) in [5.41, 5.74) is 2.77. The van der Waals surface area contributed by atoms with Gasteiger partial charge in [0.05, 0.1) is 6.61 Å². The molecule has 0 radical (unpaired) electrons. The maximum absolute atomic E-state index is 12.7. The molecular formula is C20H18BrNO2. The van der Waals surface area contributed by atoms with E-state index >= 15 is 0 Å². The van der Waals surface area contributed by atoms with Crippen LogP contribution in [0.5, 0.6) is 0 Å². The predicted octanol–water partition coefficient (Wildman–Crippen LogP) is 5.36. The smallest absolute Gasteiger partial charge is 0.280 e. The van der Waals surface area contributed by atoms with Crippen LogP contribution in [0.2, 0.25) is 0 Å². The van der Waals surface area contributed by atoms with Gasteiger partial charge in [-0.3, -0.25) is 4.79 Å². The number of aliphatic imine (C=N–C) groups is 1. The summed E-state index contributed by atoms with van der Waals surface area (Å²) in [4.78, 5) is 16.8. The number of amides is 1. The molecule has 0 atom stereocenters. The number of rotatable bonds is 5. The van der Waals surface area contributed by atoms with Crippen molar-refractivity contribution < 1.29 is 9.53 Å². The van der Waals surface area contributed by atoms with E-state index in [4.69, 9.17) is 4.74 Å². The summed E-state index contributed by atoms with van der Waals surface area (Å²) in [6, 6.07) is 12.8. The van der Waals surface area contributed by atoms with E-state index in [9.17, 15) is 4.79 Å². The quantitative estimate of drug-likeness (QED) is 0.514. The molecule has 0 aromatic heterocycles. The lowest BCUT2D eigenvalue weighted by Gasteiger charge is -2.09. The van der Waals surface area contributed by atoms with Crippen molar-refractivity contribution in [3.05, 3.63) is 82.3 Å². The van der Waals surface area contributed by atoms with Gasteiger partial charge >= 0.3 is 0 Å². The van der Waals surface area contributed by atoms with Crippen molar-refractivity contribution in [1.29, 1.82) is 0 Å². The standard InChI is InChI=1S/C20H18BrNO2/c1-4-14-8-7-9-18(17(14)5-2)19(23)22-20(24-6-3)15-10-12-16(21)13-11-15/h4-5,7-13H,1-2,6H2,3H3. The van der Waals surface area contributed by atoms with E-state index in [0.29, 0.717) is 23.6 Å². The normalized spacial score (nSPS) is 11.0. The van der Waals surface area contributed by atoms with E-state index in [0.717, 1.165) is 15.6 Å². The third-order valence-corrected chi connectivity index (χ3v) is 3.90. The number of ether oxygens (including phenoxy) is 1. The van der Waals surface area contributed by atoms with Crippen LogP contribution in [0, 0.1) is 0 Å². The first-order chi connectivity index (χ1) is 11.6. The number of hydrogen-bond acceptors (Lipinski definition) is 2. The van der Waals surface area contributed by atoms with Gasteiger partial charge in [-0.15, -0.1) is 0 Å². The van der Waals surface area contributed by atoms with E-state index in [1.165, 1.54) is 0 Å². The lowest BCUT2D eigenvalue weighted by atomic mass is 10.0. The molecule has 0 saturated carbocycles. The molecule has 2 rings (SSSR count). The van der Waals surface area contributed by atoms with Crippen LogP contribution in [-0.4, -0.2) is 18.4 Å². The number of halogens is 1. The van der Waals surface area contributed by atoms with Crippen LogP contribution < -0.4 is 0 Å². The molecule has 0 aliphatic heterocycles. The van der Waals surface area contributed by atoms with Crippen molar-refractivity contribution in [2.45, 2.75) is 6.92 Å². The van der Waals surface area contributed by atoms with Crippen LogP contribution in [0.3, 0.4) is 0 Å². The summed E-state index contributed by atoms with van der Waals surface area (Å²) in [7, 11) is 0. The summed E-state index contributed by atoms with van der Waals surface area (Å²) in [5, 5.41) is 0. The van der Waals surface area contributed by atoms with Crippen molar-refractivity contribution in [3.63, 3.8) is 0 Å². The second-order valence-corrected chi connectivity index (χ2v) is 5.79. The molecule has 0 saturated heterocycles. The Morgan fingerprint density at radius 1 is 1.17 bits per heavy atom. The van der Waals surface area contributed by atoms with Gasteiger partial charge in [0, 0.05) is 15.6 Å². The fourth-order valence-electron chi connectivity index (χ4n) is 2.24. The molecular weight excluding hydrogens is 366 g/mol. The Morgan fingerprint density at radius 3 is 2.46 bits per heavy atom. The van der Waals surface area contributed by atoms with Crippen molar-refractivity contribution in [2.75, 3.05) is 6.61 Å². The van der Waals surface area contributed by atoms with Crippen molar-refractivity contribution in [3.8, 4) is 0 Å². The molecule has 0 unspecified atom stereocenters. The van der Waals surface area contributed by atoms with Crippen LogP contribution >= 0.6 is 15.9 Å². The minimum atomic E-state index is -0.375. The van der Waals surface area contributed by atoms with Gasteiger partial charge in [-0.25, -0.2) is 0 Å². The Kier molecular flexibility index (Phi) is 6.27. The van der Waals surface area contributed by atoms with Crippen molar-refractivity contribution in [1.82, 2.24) is 0 Å². The maximum atomic E-state index is 12.7. The SMILES string of the molecule is C=Cc1cccc(C(=O)N=C(OCC)c2ccc(Br)cc2)c1C=C. The molecule has 2 aromatic carbocycles. The molecule has 0 fully saturated rings. The van der Waals surface area contributed by atoms with Gasteiger partial charge in [-0.1, -0.05) is 53.4 Å². The van der Waals surface area contributed by atoms with Gasteiger partial charge in [-0.2, -0.15) is 4.99 Å². The van der Waals surface area contributed by atoms with Gasteiger partial charge in [0.1, 0.15) is 0 Å². The second-order valence-electron chi connectivity index (χ2n) is 4.88. The van der Waals surface area contributed by atoms with Crippen LogP contribution in [0.25, 0.3) is 12.2 Å². The van der Waals surface area contributed by atoms with Crippen molar-refractivity contribution >= 4 is 39.9 Å². The van der Waals surface area contributed by atoms with Crippen LogP contribution in [0.15, 0.2) is 65.1 Å². The van der Waals surface area contributed by atoms with Crippen LogP contribution in [0.1, 0.15) is 34.0 Å². The molecule has 0 aliphatic carbocycles. The lowest BCUT2D eigenvalue weighted by Crippen LogP contribution is -2.11. The topological polar surface area (TPSA) is 38.7 Å². The maximum Gasteiger partial charge on any atom is 0.280 e. The number of carbonyl (C=O) groups excluding carboxylic acids is 1. The highest BCUT2D eigenvalue weighted by molar-refractivity contribution is 9.10. The zero-order valence-corrected chi connectivity index (χ0v) is 15.0. The molecule has 0 heterocycles. The van der Waals surface area contributed by atoms with Gasteiger partial charge in [-0.05, 0) is 48.4 Å². The molecule has 0 spiro atoms. The minimum Gasteiger partial charge on any atom is -0.477 e. The Bertz CT molecular complexity index is 792. The molecule has 0 aliphatic rings. The average molecular weight is 384 g/mol. The van der Waals surface area contributed by atoms with E-state index in [1.807, 2.05) is 37.3 Å². The number of hydrogen-bond donors (Lipinski definition) is 0. The van der Waals surface area contributed by atoms with Gasteiger partial charge in [0.2, 0.25) is 5.90 Å². The summed E-state index contributed by atoms with van der Waals surface area (Å²) < 4.78 is 6.50. The van der Waals surface area contributed by atoms with Gasteiger partial charge < -0.3 is 4.74 Å². The third kappa shape index (κ3) is 4.09. The summed E-state index contributed by atoms with van der Waals surface area (Å²) in [6.07, 6.45) is 3.33. The highest BCUT2D eigenvalue weighted by atomic mass is 79.9. The Balaban J connectivity index is 2.46. The van der Waals surface area contributed by atoms with Crippen molar-refractivity contribution in [2.24, 2.45) is 4.99 Å². The Labute approximate surface area is 150 Å². The number of nitrogens with zero attached hydrogens (tertiary/aromatic N) is 1. The monoisotopic (exact) mass is 383 g/mol. The minimum absolute atomic E-state index is 0.300. The molecule has 4 heteroatoms. The molecule has 2 aromatic rings. The lowest BCUT2D eigenvalue weighted by molar-refractivity contribution is 0.0999. The molecule has 0 N–H and O–H groups in total. The van der Waals surface area contributed by atoms with E-state index < -0.39 is 0 Å². The van der Waals surface area contributed by atoms with Gasteiger partial charge in [0.15, 0.2) is 0 Å². The van der Waals surface area contributed by atoms with Crippen LogP contribution in [-0.2, 0) is 4.74 Å². The second kappa shape index (κ2) is 8.41. The van der Waals surface area contributed by atoms with Gasteiger partial charge in [0.25, 0.3) is 5.91 Å². The largest absolute Gasteiger partial charge is 0.477 e. The molecule has 1 amide bonds. The summed E-state index contributed by atoms with van der Waals surface area (Å²) in [6.45, 7) is 9.82. The Hall–Kier alpha value is -2.46. The van der Waals surface area contributed by atoms with E-state index in [-0.39, 0.29) is 5.91 Å². The highest BCUT2D eigenvalue weighted by Crippen LogP contribution is 2.19. The molecule has 0 bridgehead atoms. The highest BCUT2D eigenvalue weighted by Gasteiger charge is 2.14. The first kappa shape index (κ1) is 17.9. The zero-order valence-electron chi connectivity index (χ0n) is 13.5. The number of benzene rings is 2. The molecule has 122 valence electrons. The van der Waals surface area contributed by atoms with E-state index in [1.54, 1.807) is 24.3 Å². The molecule has 24 heavy (non-hydrogen) atoms. The van der Waals surface area contributed by atoms with Crippen LogP contribution in [0.4, 0.5) is 0 Å². The number of carbonyl (C=O) groups is 1. The summed E-state index contributed by atoms with van der Waals surface area (Å²) in [5.74, 6) is -0.0750. The Morgan fingerprint density at radius 2 is 1.88 bits per heavy atom. The average Bonchev–Trinajstić information content (AvgIpc) is 2.61. The third-order valence-electron chi connectivity index (χ3n) is 3.37. The fourth-order valence-corrected chi connectivity index (χ4v) is 2.50. The summed E-state index contributed by atoms with van der Waals surface area (Å²) >= 11 is 3.39. The zero-order chi connectivity index (χ0) is 17.5. The van der Waals surface area contributed by atoms with E-state index in [2.05, 4.69) is 34.1 Å². The molecule has 3 nitrogen and oxygen atoms in total. The predicted molar refractivity (Wildman–Crippen MR) is 103 cm³/mol. The fraction of sp³-hybridized carbons (Fsp3) is 0.100. The first-order valence-corrected chi connectivity index (χ1v) is 8.29.